The van der Waals surface area contributed by atoms with Crippen molar-refractivity contribution < 1.29 is 19.1 Å². The summed E-state index contributed by atoms with van der Waals surface area (Å²) in [4.78, 5) is 41.3. The van der Waals surface area contributed by atoms with Crippen LogP contribution in [0.1, 0.15) is 82.4 Å². The lowest BCUT2D eigenvalue weighted by Crippen LogP contribution is -2.47. The number of piperidine rings is 3. The number of benzene rings is 1. The fraction of sp³-hybridized carbons (Fsp3) is 0.647. The first-order valence-corrected chi connectivity index (χ1v) is 16.7. The number of methoxy groups -OCH3 is 1. The minimum atomic E-state index is -0.662. The molecule has 4 heterocycles. The van der Waals surface area contributed by atoms with Crippen molar-refractivity contribution in [1.29, 1.82) is 0 Å². The molecule has 0 radical (unpaired) electrons. The predicted molar refractivity (Wildman–Crippen MR) is 181 cm³/mol. The zero-order chi connectivity index (χ0) is 33.1. The molecule has 46 heavy (non-hydrogen) atoms. The van der Waals surface area contributed by atoms with Crippen LogP contribution in [-0.2, 0) is 11.2 Å². The molecule has 252 valence electrons. The van der Waals surface area contributed by atoms with Gasteiger partial charge in [0.2, 0.25) is 0 Å². The van der Waals surface area contributed by atoms with Crippen LogP contribution in [0, 0.1) is 5.41 Å². The summed E-state index contributed by atoms with van der Waals surface area (Å²) in [6.07, 6.45) is 6.85. The van der Waals surface area contributed by atoms with E-state index in [0.29, 0.717) is 42.1 Å². The van der Waals surface area contributed by atoms with E-state index in [-0.39, 0.29) is 23.6 Å². The molecule has 5 rings (SSSR count). The number of nitrogens with one attached hydrogen (secondary N) is 2. The minimum Gasteiger partial charge on any atom is -0.495 e. The molecule has 4 N–H and O–H groups in total. The first-order valence-electron chi connectivity index (χ1n) is 16.7. The maximum atomic E-state index is 12.7. The Morgan fingerprint density at radius 1 is 1.04 bits per heavy atom. The third kappa shape index (κ3) is 7.94. The molecule has 0 bridgehead atoms. The second-order valence-corrected chi connectivity index (χ2v) is 14.1. The molecule has 3 saturated heterocycles. The van der Waals surface area contributed by atoms with Gasteiger partial charge in [0.1, 0.15) is 11.4 Å². The second-order valence-electron chi connectivity index (χ2n) is 14.1. The summed E-state index contributed by atoms with van der Waals surface area (Å²) in [5.74, 6) is 0.922. The predicted octanol–water partition coefficient (Wildman–Crippen LogP) is 5.01. The smallest absolute Gasteiger partial charge is 0.410 e. The molecule has 0 unspecified atom stereocenters. The van der Waals surface area contributed by atoms with E-state index in [4.69, 9.17) is 20.2 Å². The number of hydrogen-bond donors (Lipinski definition) is 3. The number of anilines is 4. The average Bonchev–Trinajstić information content (AvgIpc) is 3.02. The van der Waals surface area contributed by atoms with Crippen molar-refractivity contribution in [2.75, 3.05) is 69.0 Å². The van der Waals surface area contributed by atoms with Gasteiger partial charge in [0.05, 0.1) is 18.5 Å². The van der Waals surface area contributed by atoms with E-state index in [1.54, 1.807) is 12.0 Å². The molecule has 2 aromatic rings. The van der Waals surface area contributed by atoms with Gasteiger partial charge in [0.25, 0.3) is 5.91 Å². The van der Waals surface area contributed by atoms with Crippen molar-refractivity contribution in [2.45, 2.75) is 84.3 Å². The molecule has 1 aromatic heterocycles. The molecular formula is C34H52N8O4. The van der Waals surface area contributed by atoms with E-state index < -0.39 is 11.5 Å². The van der Waals surface area contributed by atoms with Crippen LogP contribution in [0.15, 0.2) is 18.2 Å². The fourth-order valence-corrected chi connectivity index (χ4v) is 6.84. The molecule has 1 spiro atoms. The number of aryl methyl sites for hydroxylation is 1. The number of ether oxygens (including phenoxy) is 2. The fourth-order valence-electron chi connectivity index (χ4n) is 6.84. The Morgan fingerprint density at radius 2 is 1.74 bits per heavy atom. The summed E-state index contributed by atoms with van der Waals surface area (Å²) in [6.45, 7) is 13.0. The zero-order valence-electron chi connectivity index (χ0n) is 28.4. The lowest BCUT2D eigenvalue weighted by molar-refractivity contribution is 0.0206. The van der Waals surface area contributed by atoms with E-state index in [2.05, 4.69) is 38.5 Å². The van der Waals surface area contributed by atoms with Gasteiger partial charge in [0.15, 0.2) is 17.3 Å². The highest BCUT2D eigenvalue weighted by Gasteiger charge is 2.37. The molecule has 0 aliphatic carbocycles. The van der Waals surface area contributed by atoms with Crippen LogP contribution in [0.4, 0.5) is 27.8 Å². The number of nitrogens with two attached hydrogens (primary N) is 1. The summed E-state index contributed by atoms with van der Waals surface area (Å²) in [6, 6.07) is 5.93. The van der Waals surface area contributed by atoms with Crippen LogP contribution in [0.2, 0.25) is 0 Å². The van der Waals surface area contributed by atoms with E-state index >= 15 is 0 Å². The molecule has 0 saturated carbocycles. The third-order valence-electron chi connectivity index (χ3n) is 9.61. The SMILES string of the molecule is CCc1nc(C(N)=O)c(Nc2ccc(N3CCC4(CCN(C)CC4)CC3)c(OC)c2)nc1N[C@@H]1CCCN(C(=O)OC(C)(C)C)C1. The first-order chi connectivity index (χ1) is 21.9. The number of nitrogens with zero attached hydrogens (tertiary/aromatic N) is 5. The lowest BCUT2D eigenvalue weighted by atomic mass is 9.71. The number of carbonyl (C=O) groups excluding carboxylic acids is 2. The zero-order valence-corrected chi connectivity index (χ0v) is 28.4. The van der Waals surface area contributed by atoms with Gasteiger partial charge in [-0.25, -0.2) is 14.8 Å². The Bertz CT molecular complexity index is 1390. The minimum absolute atomic E-state index is 0.0503. The van der Waals surface area contributed by atoms with Crippen LogP contribution >= 0.6 is 0 Å². The Kier molecular flexibility index (Phi) is 10.1. The lowest BCUT2D eigenvalue weighted by Gasteiger charge is -2.47. The van der Waals surface area contributed by atoms with E-state index in [1.807, 2.05) is 39.8 Å². The van der Waals surface area contributed by atoms with E-state index in [1.165, 1.54) is 38.8 Å². The number of amides is 2. The number of aromatic nitrogens is 2. The van der Waals surface area contributed by atoms with Crippen molar-refractivity contribution in [3.8, 4) is 5.75 Å². The summed E-state index contributed by atoms with van der Waals surface area (Å²) in [5.41, 5.74) is 8.16. The quantitative estimate of drug-likeness (QED) is 0.362. The number of hydrogen-bond acceptors (Lipinski definition) is 10. The Morgan fingerprint density at radius 3 is 2.37 bits per heavy atom. The Hall–Kier alpha value is -3.80. The molecule has 3 fully saturated rings. The van der Waals surface area contributed by atoms with Gasteiger partial charge < -0.3 is 40.5 Å². The van der Waals surface area contributed by atoms with Gasteiger partial charge in [-0.1, -0.05) is 6.92 Å². The van der Waals surface area contributed by atoms with Crippen molar-refractivity contribution >= 4 is 35.0 Å². The Balaban J connectivity index is 1.32. The summed E-state index contributed by atoms with van der Waals surface area (Å²) in [5, 5.41) is 6.78. The summed E-state index contributed by atoms with van der Waals surface area (Å²) in [7, 11) is 3.90. The van der Waals surface area contributed by atoms with Gasteiger partial charge in [-0.3, -0.25) is 4.79 Å². The summed E-state index contributed by atoms with van der Waals surface area (Å²) < 4.78 is 11.5. The highest BCUT2D eigenvalue weighted by Crippen LogP contribution is 2.43. The van der Waals surface area contributed by atoms with Crippen molar-refractivity contribution in [3.05, 3.63) is 29.6 Å². The number of primary amides is 1. The van der Waals surface area contributed by atoms with Crippen molar-refractivity contribution in [3.63, 3.8) is 0 Å². The topological polar surface area (TPSA) is 138 Å². The standard InChI is InChI=1S/C34H52N8O4/c1-7-25-30(37-24-9-8-16-42(22-24)32(44)46-33(2,3)4)39-31(28(38-25)29(35)43)36-23-10-11-26(27(21-23)45-6)41-19-14-34(15-20-41)12-17-40(5)18-13-34/h10-11,21,24H,7-9,12-20,22H2,1-6H3,(H2,35,43)(H2,36,37,39)/t24-/m1/s1. The van der Waals surface area contributed by atoms with Crippen LogP contribution in [0.25, 0.3) is 0 Å². The van der Waals surface area contributed by atoms with Crippen LogP contribution in [0.3, 0.4) is 0 Å². The molecule has 1 atom stereocenters. The summed E-state index contributed by atoms with van der Waals surface area (Å²) >= 11 is 0. The van der Waals surface area contributed by atoms with Gasteiger partial charge in [-0.05, 0) is 103 Å². The van der Waals surface area contributed by atoms with E-state index in [9.17, 15) is 9.59 Å². The number of likely N-dealkylation sites (tertiary alicyclic amines) is 2. The molecule has 1 aromatic carbocycles. The molecule has 3 aliphatic heterocycles. The maximum Gasteiger partial charge on any atom is 0.410 e. The van der Waals surface area contributed by atoms with Gasteiger partial charge in [0, 0.05) is 44.0 Å². The average molecular weight is 637 g/mol. The molecule has 12 heteroatoms. The molecule has 3 aliphatic rings. The monoisotopic (exact) mass is 636 g/mol. The van der Waals surface area contributed by atoms with Crippen LogP contribution in [0.5, 0.6) is 5.75 Å². The number of carbonyl (C=O) groups is 2. The second kappa shape index (κ2) is 13.9. The molecule has 2 amide bonds. The largest absolute Gasteiger partial charge is 0.495 e. The third-order valence-corrected chi connectivity index (χ3v) is 9.61. The van der Waals surface area contributed by atoms with Crippen molar-refractivity contribution in [2.24, 2.45) is 11.1 Å². The van der Waals surface area contributed by atoms with Gasteiger partial charge >= 0.3 is 6.09 Å². The highest BCUT2D eigenvalue weighted by atomic mass is 16.6. The van der Waals surface area contributed by atoms with Crippen molar-refractivity contribution in [1.82, 2.24) is 19.8 Å². The normalized spacial score (nSPS) is 20.3. The highest BCUT2D eigenvalue weighted by molar-refractivity contribution is 5.96. The Labute approximate surface area is 273 Å². The molecule has 12 nitrogen and oxygen atoms in total. The van der Waals surface area contributed by atoms with Gasteiger partial charge in [-0.15, -0.1) is 0 Å². The van der Waals surface area contributed by atoms with Gasteiger partial charge in [-0.2, -0.15) is 0 Å². The maximum absolute atomic E-state index is 12.7. The first kappa shape index (κ1) is 33.6. The molecular weight excluding hydrogens is 584 g/mol. The van der Waals surface area contributed by atoms with Crippen LogP contribution < -0.4 is 26.0 Å². The number of rotatable bonds is 8. The van der Waals surface area contributed by atoms with E-state index in [0.717, 1.165) is 37.4 Å². The van der Waals surface area contributed by atoms with Crippen LogP contribution in [-0.4, -0.2) is 96.8 Å².